The lowest BCUT2D eigenvalue weighted by Crippen LogP contribution is -2.67. The van der Waals surface area contributed by atoms with Crippen LogP contribution in [0.5, 0.6) is 11.5 Å². The van der Waals surface area contributed by atoms with Crippen molar-refractivity contribution in [1.29, 1.82) is 0 Å². The van der Waals surface area contributed by atoms with Crippen LogP contribution in [0.3, 0.4) is 0 Å². The zero-order valence-corrected chi connectivity index (χ0v) is 40.3. The summed E-state index contributed by atoms with van der Waals surface area (Å²) in [4.78, 5) is 70.1. The molecule has 0 bridgehead atoms. The summed E-state index contributed by atoms with van der Waals surface area (Å²) in [6, 6.07) is 2.14. The Kier molecular flexibility index (Phi) is 13.5. The van der Waals surface area contributed by atoms with E-state index in [9.17, 15) is 27.6 Å². The van der Waals surface area contributed by atoms with Gasteiger partial charge < -0.3 is 33.9 Å². The molecule has 0 unspecified atom stereocenters. The highest BCUT2D eigenvalue weighted by atomic mass is 35.5. The summed E-state index contributed by atoms with van der Waals surface area (Å²) in [7, 11) is -0.922. The number of rotatable bonds is 16. The monoisotopic (exact) mass is 946 g/mol. The van der Waals surface area contributed by atoms with Crippen molar-refractivity contribution in [1.82, 2.24) is 29.8 Å². The van der Waals surface area contributed by atoms with E-state index in [-0.39, 0.29) is 48.8 Å². The zero-order valence-electron chi connectivity index (χ0n) is 37.9. The fourth-order valence-electron chi connectivity index (χ4n) is 8.58. The first-order chi connectivity index (χ1) is 30.1. The highest BCUT2D eigenvalue weighted by Crippen LogP contribution is 2.48. The minimum atomic E-state index is -3.91. The molecule has 0 radical (unpaired) electrons. The van der Waals surface area contributed by atoms with E-state index < -0.39 is 80.7 Å². The summed E-state index contributed by atoms with van der Waals surface area (Å²) in [6.07, 6.45) is -0.639. The van der Waals surface area contributed by atoms with Crippen molar-refractivity contribution in [3.8, 4) is 22.2 Å². The number of methoxy groups -OCH3 is 2. The molecule has 17 nitrogen and oxygen atoms in total. The highest BCUT2D eigenvalue weighted by Gasteiger charge is 2.63. The van der Waals surface area contributed by atoms with E-state index in [1.165, 1.54) is 35.4 Å². The fraction of sp³-hybridized carbons (Fsp3) is 0.636. The van der Waals surface area contributed by atoms with Crippen LogP contribution < -0.4 is 19.5 Å². The van der Waals surface area contributed by atoms with Crippen molar-refractivity contribution >= 4 is 67.7 Å². The van der Waals surface area contributed by atoms with Gasteiger partial charge in [0.1, 0.15) is 63.2 Å². The molecule has 4 aliphatic rings. The van der Waals surface area contributed by atoms with Gasteiger partial charge in [-0.05, 0) is 69.9 Å². The van der Waals surface area contributed by atoms with Crippen molar-refractivity contribution in [3.63, 3.8) is 0 Å². The Morgan fingerprint density at radius 2 is 1.77 bits per heavy atom. The second-order valence-corrected chi connectivity index (χ2v) is 21.9. The van der Waals surface area contributed by atoms with E-state index in [4.69, 9.17) is 45.3 Å². The summed E-state index contributed by atoms with van der Waals surface area (Å²) >= 11 is 8.47. The molecule has 1 aromatic carbocycles. The van der Waals surface area contributed by atoms with E-state index in [2.05, 4.69) is 10.0 Å². The van der Waals surface area contributed by atoms with E-state index >= 15 is 0 Å². The molecule has 4 fully saturated rings. The number of sulfonamides is 1. The number of ether oxygens (including phenoxy) is 5. The van der Waals surface area contributed by atoms with Crippen LogP contribution in [0, 0.1) is 11.8 Å². The summed E-state index contributed by atoms with van der Waals surface area (Å²) in [5.74, 6) is -1.83. The number of carbonyl (C=O) groups excluding carboxylic acids is 4. The number of aromatic nitrogens is 2. The van der Waals surface area contributed by atoms with Crippen molar-refractivity contribution in [2.45, 2.75) is 140 Å². The lowest BCUT2D eigenvalue weighted by Gasteiger charge is -2.46. The van der Waals surface area contributed by atoms with Crippen LogP contribution in [-0.4, -0.2) is 126 Å². The molecule has 2 saturated carbocycles. The van der Waals surface area contributed by atoms with Gasteiger partial charge >= 0.3 is 6.09 Å². The molecular weight excluding hydrogens is 888 g/mol. The van der Waals surface area contributed by atoms with Gasteiger partial charge in [-0.25, -0.2) is 23.2 Å². The quantitative estimate of drug-likeness (QED) is 0.158. The number of hydrogen-bond donors (Lipinski definition) is 2. The maximum atomic E-state index is 14.9. The number of thiazole rings is 1. The van der Waals surface area contributed by atoms with Crippen LogP contribution in [0.1, 0.15) is 99.1 Å². The summed E-state index contributed by atoms with van der Waals surface area (Å²) in [5.41, 5.74) is -0.687. The molecule has 6 atom stereocenters. The molecule has 2 saturated heterocycles. The minimum Gasteiger partial charge on any atom is -0.487 e. The average molecular weight is 948 g/mol. The average Bonchev–Trinajstić information content (AvgIpc) is 4.12. The fourth-order valence-corrected chi connectivity index (χ4v) is 11.1. The van der Waals surface area contributed by atoms with Crippen LogP contribution in [0.25, 0.3) is 21.6 Å². The molecule has 20 heteroatoms. The molecular formula is C44H59ClN6O11S2. The molecule has 2 aliphatic heterocycles. The second-order valence-electron chi connectivity index (χ2n) is 18.7. The first-order valence-corrected chi connectivity index (χ1v) is 24.6. The SMILES string of the molecule is CC[C@@H]1C[C@]1(NC(=O)[C@@H]1C[C@@H](Oc2cc(-c3nc(C(C)C)cs3)nc3c(Cl)c(OCC(OC)OC)ccc23)[C@H]2CN(C(=O)OC(C)(C)C)[C@H](C(C)C)C(=O)N21)C(=O)NS(=O)(=O)C1CC1. The Morgan fingerprint density at radius 3 is 2.34 bits per heavy atom. The molecule has 3 aromatic rings. The number of amides is 4. The Morgan fingerprint density at radius 1 is 1.06 bits per heavy atom. The van der Waals surface area contributed by atoms with Gasteiger partial charge in [0.15, 0.2) is 6.29 Å². The predicted molar refractivity (Wildman–Crippen MR) is 240 cm³/mol. The Hall–Kier alpha value is -4.30. The third-order valence-corrected chi connectivity index (χ3v) is 15.3. The number of piperazine rings is 1. The van der Waals surface area contributed by atoms with Crippen LogP contribution in [0.2, 0.25) is 5.02 Å². The summed E-state index contributed by atoms with van der Waals surface area (Å²) in [5, 5.41) is 5.52. The molecule has 64 heavy (non-hydrogen) atoms. The number of hydrogen-bond acceptors (Lipinski definition) is 14. The number of carbonyl (C=O) groups is 4. The lowest BCUT2D eigenvalue weighted by molar-refractivity contribution is -0.153. The normalized spacial score (nSPS) is 24.7. The van der Waals surface area contributed by atoms with E-state index in [0.717, 1.165) is 5.69 Å². The van der Waals surface area contributed by atoms with Crippen LogP contribution in [-0.2, 0) is 38.6 Å². The molecule has 2 N–H and O–H groups in total. The Bertz CT molecular complexity index is 2400. The molecule has 4 amide bonds. The van der Waals surface area contributed by atoms with Crippen molar-refractivity contribution in [2.24, 2.45) is 11.8 Å². The first-order valence-electron chi connectivity index (χ1n) is 21.8. The van der Waals surface area contributed by atoms with E-state index in [1.807, 2.05) is 40.0 Å². The van der Waals surface area contributed by atoms with Crippen molar-refractivity contribution in [2.75, 3.05) is 27.4 Å². The van der Waals surface area contributed by atoms with Crippen LogP contribution in [0.4, 0.5) is 4.79 Å². The number of benzene rings is 1. The zero-order chi connectivity index (χ0) is 46.6. The number of halogens is 1. The van der Waals surface area contributed by atoms with Gasteiger partial charge in [0.2, 0.25) is 21.8 Å². The maximum absolute atomic E-state index is 14.9. The summed E-state index contributed by atoms with van der Waals surface area (Å²) in [6.45, 7) is 14.8. The van der Waals surface area contributed by atoms with Gasteiger partial charge in [-0.15, -0.1) is 11.3 Å². The van der Waals surface area contributed by atoms with E-state index in [1.54, 1.807) is 39.0 Å². The van der Waals surface area contributed by atoms with Gasteiger partial charge in [0, 0.05) is 44.0 Å². The number of nitrogens with one attached hydrogen (secondary N) is 2. The smallest absolute Gasteiger partial charge is 0.411 e. The topological polar surface area (TPSA) is 205 Å². The molecule has 2 aromatic heterocycles. The number of pyridine rings is 1. The van der Waals surface area contributed by atoms with E-state index in [0.29, 0.717) is 52.4 Å². The second kappa shape index (κ2) is 18.2. The minimum absolute atomic E-state index is 0.0341. The Labute approximate surface area is 383 Å². The third-order valence-electron chi connectivity index (χ3n) is 12.3. The first kappa shape index (κ1) is 47.7. The third kappa shape index (κ3) is 9.50. The standard InChI is InChI=1S/C44H59ClN6O11S2/c1-11-24-18-44(24,41(54)49-64(56,57)25-12-13-25)48-38(52)29-17-33(30-19-50(42(55)62-43(6,7)8)37(23(4)5)40(53)51(29)30)61-32-16-27(39-47-28(21-63-39)22(2)3)46-36-26(32)14-15-31(35(36)45)60-20-34(58-9)59-10/h14-16,21-25,29-30,33-34,37H,11-13,17-20H2,1-10H3,(H,48,52)(H,49,54)/t24-,29+,30-,33-,37-,44-/m1/s1. The van der Waals surface area contributed by atoms with Gasteiger partial charge in [0.25, 0.3) is 5.91 Å². The molecule has 2 aliphatic carbocycles. The largest absolute Gasteiger partial charge is 0.487 e. The van der Waals surface area contributed by atoms with Crippen molar-refractivity contribution in [3.05, 3.63) is 34.3 Å². The molecule has 0 spiro atoms. The molecule has 4 heterocycles. The molecule has 350 valence electrons. The molecule has 7 rings (SSSR count). The van der Waals surface area contributed by atoms with Crippen LogP contribution >= 0.6 is 22.9 Å². The number of fused-ring (bicyclic) bond motifs is 2. The Balaban J connectivity index is 1.29. The van der Waals surface area contributed by atoms with Gasteiger partial charge in [-0.3, -0.25) is 24.0 Å². The summed E-state index contributed by atoms with van der Waals surface area (Å²) < 4.78 is 57.5. The van der Waals surface area contributed by atoms with Gasteiger partial charge in [0.05, 0.1) is 22.5 Å². The number of nitrogens with zero attached hydrogens (tertiary/aromatic N) is 4. The predicted octanol–water partition coefficient (Wildman–Crippen LogP) is 6.02. The van der Waals surface area contributed by atoms with Gasteiger partial charge in [-0.2, -0.15) is 0 Å². The van der Waals surface area contributed by atoms with Crippen molar-refractivity contribution < 1.29 is 51.3 Å². The highest BCUT2D eigenvalue weighted by molar-refractivity contribution is 7.91. The maximum Gasteiger partial charge on any atom is 0.411 e. The lowest BCUT2D eigenvalue weighted by atomic mass is 9.96. The van der Waals surface area contributed by atoms with Crippen LogP contribution in [0.15, 0.2) is 23.6 Å². The van der Waals surface area contributed by atoms with Gasteiger partial charge in [-0.1, -0.05) is 52.6 Å².